The summed E-state index contributed by atoms with van der Waals surface area (Å²) in [5.74, 6) is 1.00. The highest BCUT2D eigenvalue weighted by atomic mass is 79.9. The quantitative estimate of drug-likeness (QED) is 0.510. The molecule has 5 heteroatoms. The molecule has 144 valence electrons. The number of benzene rings is 1. The molecule has 0 heterocycles. The van der Waals surface area contributed by atoms with Crippen molar-refractivity contribution in [2.75, 3.05) is 28.2 Å². The molecule has 0 saturated heterocycles. The van der Waals surface area contributed by atoms with Crippen LogP contribution in [-0.2, 0) is 0 Å². The summed E-state index contributed by atoms with van der Waals surface area (Å²) in [7, 11) is 6.60. The van der Waals surface area contributed by atoms with Crippen molar-refractivity contribution in [3.63, 3.8) is 0 Å². The number of hydrogen-bond donors (Lipinski definition) is 0. The van der Waals surface area contributed by atoms with Gasteiger partial charge >= 0.3 is 0 Å². The lowest BCUT2D eigenvalue weighted by Crippen LogP contribution is -2.44. The van der Waals surface area contributed by atoms with Gasteiger partial charge in [0.05, 0.1) is 0 Å². The van der Waals surface area contributed by atoms with Gasteiger partial charge in [0.2, 0.25) is 8.32 Å². The van der Waals surface area contributed by atoms with E-state index in [4.69, 9.17) is 4.43 Å². The molecule has 0 aliphatic carbocycles. The van der Waals surface area contributed by atoms with Crippen LogP contribution in [0.25, 0.3) is 0 Å². The molecular weight excluding hydrogens is 392 g/mol. The second-order valence-electron chi connectivity index (χ2n) is 9.06. The molecule has 0 aromatic heterocycles. The second-order valence-corrected chi connectivity index (χ2v) is 14.6. The highest BCUT2D eigenvalue weighted by Gasteiger charge is 2.39. The van der Waals surface area contributed by atoms with Crippen LogP contribution in [0, 0.1) is 0 Å². The van der Waals surface area contributed by atoms with E-state index in [2.05, 4.69) is 114 Å². The fourth-order valence-corrected chi connectivity index (χ4v) is 4.22. The van der Waals surface area contributed by atoms with Gasteiger partial charge in [-0.25, -0.2) is 0 Å². The van der Waals surface area contributed by atoms with Crippen molar-refractivity contribution in [3.05, 3.63) is 27.7 Å². The fraction of sp³-hybridized carbons (Fsp3) is 0.700. The molecule has 0 saturated carbocycles. The topological polar surface area (TPSA) is 15.7 Å². The monoisotopic (exact) mass is 428 g/mol. The van der Waals surface area contributed by atoms with Gasteiger partial charge in [0.25, 0.3) is 0 Å². The Hall–Kier alpha value is -0.363. The standard InChI is InChI=1S/C20H37BrN2OSi/c1-14(22(6)7)17-12-16(24-25(10,11)20(3,4)5)13-18(19(17)21)15(2)23(8)9/h12-15H,1-11H3/t14-,15+. The molecule has 1 aromatic rings. The Morgan fingerprint density at radius 1 is 0.920 bits per heavy atom. The van der Waals surface area contributed by atoms with Crippen molar-refractivity contribution < 1.29 is 4.43 Å². The van der Waals surface area contributed by atoms with Crippen LogP contribution in [0.1, 0.15) is 57.8 Å². The third-order valence-corrected chi connectivity index (χ3v) is 11.0. The summed E-state index contributed by atoms with van der Waals surface area (Å²) in [5.41, 5.74) is 2.56. The zero-order valence-electron chi connectivity index (χ0n) is 18.0. The zero-order valence-corrected chi connectivity index (χ0v) is 20.6. The van der Waals surface area contributed by atoms with Gasteiger partial charge in [-0.2, -0.15) is 0 Å². The summed E-state index contributed by atoms with van der Waals surface area (Å²) >= 11 is 3.87. The molecule has 0 aliphatic heterocycles. The van der Waals surface area contributed by atoms with Gasteiger partial charge < -0.3 is 14.2 Å². The Labute approximate surface area is 165 Å². The minimum Gasteiger partial charge on any atom is -0.543 e. The first-order valence-corrected chi connectivity index (χ1v) is 12.7. The highest BCUT2D eigenvalue weighted by Crippen LogP contribution is 2.41. The van der Waals surface area contributed by atoms with E-state index < -0.39 is 8.32 Å². The van der Waals surface area contributed by atoms with Crippen LogP contribution < -0.4 is 4.43 Å². The lowest BCUT2D eigenvalue weighted by molar-refractivity contribution is 0.310. The molecule has 0 N–H and O–H groups in total. The van der Waals surface area contributed by atoms with E-state index in [1.807, 2.05) is 0 Å². The maximum absolute atomic E-state index is 6.64. The molecule has 0 bridgehead atoms. The van der Waals surface area contributed by atoms with Gasteiger partial charge in [0.1, 0.15) is 5.75 Å². The second kappa shape index (κ2) is 8.11. The summed E-state index contributed by atoms with van der Waals surface area (Å²) in [4.78, 5) is 4.47. The molecular formula is C20H37BrN2OSi. The van der Waals surface area contributed by atoms with Crippen LogP contribution in [0.15, 0.2) is 16.6 Å². The predicted molar refractivity (Wildman–Crippen MR) is 116 cm³/mol. The number of nitrogens with zero attached hydrogens (tertiary/aromatic N) is 2. The number of halogens is 1. The average molecular weight is 430 g/mol. The summed E-state index contributed by atoms with van der Waals surface area (Å²) in [6.45, 7) is 15.9. The molecule has 0 amide bonds. The molecule has 2 atom stereocenters. The zero-order chi connectivity index (χ0) is 19.7. The minimum absolute atomic E-state index is 0.181. The third-order valence-electron chi connectivity index (χ3n) is 5.73. The van der Waals surface area contributed by atoms with E-state index in [9.17, 15) is 0 Å². The van der Waals surface area contributed by atoms with Crippen molar-refractivity contribution in [3.8, 4) is 5.75 Å². The maximum atomic E-state index is 6.64. The summed E-state index contributed by atoms with van der Waals surface area (Å²) in [6, 6.07) is 5.07. The van der Waals surface area contributed by atoms with E-state index in [1.165, 1.54) is 15.6 Å². The van der Waals surface area contributed by atoms with Crippen molar-refractivity contribution in [1.29, 1.82) is 0 Å². The first-order valence-electron chi connectivity index (χ1n) is 9.04. The normalized spacial score (nSPS) is 15.6. The molecule has 0 radical (unpaired) electrons. The molecule has 25 heavy (non-hydrogen) atoms. The summed E-state index contributed by atoms with van der Waals surface area (Å²) < 4.78 is 7.84. The first kappa shape index (κ1) is 22.7. The molecule has 0 unspecified atom stereocenters. The van der Waals surface area contributed by atoms with Gasteiger partial charge in [-0.3, -0.25) is 0 Å². The number of hydrogen-bond acceptors (Lipinski definition) is 3. The van der Waals surface area contributed by atoms with Crippen LogP contribution in [0.5, 0.6) is 5.75 Å². The van der Waals surface area contributed by atoms with Crippen LogP contribution >= 0.6 is 15.9 Å². The van der Waals surface area contributed by atoms with Gasteiger partial charge in [-0.15, -0.1) is 0 Å². The Morgan fingerprint density at radius 2 is 1.28 bits per heavy atom. The summed E-state index contributed by atoms with van der Waals surface area (Å²) in [6.07, 6.45) is 0. The van der Waals surface area contributed by atoms with Crippen LogP contribution in [-0.4, -0.2) is 46.3 Å². The Kier molecular flexibility index (Phi) is 7.36. The molecule has 0 aliphatic rings. The molecule has 1 aromatic carbocycles. The Balaban J connectivity index is 3.49. The maximum Gasteiger partial charge on any atom is 0.250 e. The average Bonchev–Trinajstić information content (AvgIpc) is 2.45. The van der Waals surface area contributed by atoms with Crippen LogP contribution in [0.3, 0.4) is 0 Å². The van der Waals surface area contributed by atoms with E-state index in [-0.39, 0.29) is 5.04 Å². The van der Waals surface area contributed by atoms with Gasteiger partial charge in [-0.1, -0.05) is 36.7 Å². The van der Waals surface area contributed by atoms with Gasteiger partial charge in [-0.05, 0) is 83.4 Å². The van der Waals surface area contributed by atoms with Crippen LogP contribution in [0.2, 0.25) is 18.1 Å². The lowest BCUT2D eigenvalue weighted by Gasteiger charge is -2.37. The van der Waals surface area contributed by atoms with Crippen molar-refractivity contribution >= 4 is 24.2 Å². The Morgan fingerprint density at radius 3 is 1.56 bits per heavy atom. The molecule has 3 nitrogen and oxygen atoms in total. The first-order chi connectivity index (χ1) is 11.2. The minimum atomic E-state index is -1.88. The number of rotatable bonds is 6. The molecule has 1 rings (SSSR count). The highest BCUT2D eigenvalue weighted by molar-refractivity contribution is 9.10. The third kappa shape index (κ3) is 5.31. The van der Waals surface area contributed by atoms with Crippen LogP contribution in [0.4, 0.5) is 0 Å². The largest absolute Gasteiger partial charge is 0.543 e. The van der Waals surface area contributed by atoms with Crippen molar-refractivity contribution in [2.45, 2.75) is 64.8 Å². The molecule has 0 spiro atoms. The Bertz CT molecular complexity index is 559. The summed E-state index contributed by atoms with van der Waals surface area (Å²) in [5, 5.41) is 0.181. The fourth-order valence-electron chi connectivity index (χ4n) is 2.31. The smallest absolute Gasteiger partial charge is 0.250 e. The lowest BCUT2D eigenvalue weighted by atomic mass is 9.99. The SMILES string of the molecule is C[C@H](c1cc(O[Si](C)(C)C(C)(C)C)cc([C@H](C)N(C)C)c1Br)N(C)C. The van der Waals surface area contributed by atoms with Crippen molar-refractivity contribution in [2.24, 2.45) is 0 Å². The van der Waals surface area contributed by atoms with Crippen molar-refractivity contribution in [1.82, 2.24) is 9.80 Å². The molecule has 0 fully saturated rings. The van der Waals surface area contributed by atoms with E-state index in [0.29, 0.717) is 12.1 Å². The van der Waals surface area contributed by atoms with E-state index in [1.54, 1.807) is 0 Å². The predicted octanol–water partition coefficient (Wildman–Crippen LogP) is 6.08. The van der Waals surface area contributed by atoms with Gasteiger partial charge in [0.15, 0.2) is 0 Å². The van der Waals surface area contributed by atoms with Gasteiger partial charge in [0, 0.05) is 16.6 Å². The van der Waals surface area contributed by atoms with E-state index in [0.717, 1.165) is 5.75 Å². The van der Waals surface area contributed by atoms with E-state index >= 15 is 0 Å².